The molecule has 0 aliphatic carbocycles. The van der Waals surface area contributed by atoms with Gasteiger partial charge in [0.1, 0.15) is 5.54 Å². The molecular weight excluding hydrogens is 366 g/mol. The third-order valence-corrected chi connectivity index (χ3v) is 5.38. The maximum Gasteiger partial charge on any atom is 0.186 e. The predicted molar refractivity (Wildman–Crippen MR) is 116 cm³/mol. The van der Waals surface area contributed by atoms with E-state index in [4.69, 9.17) is 4.84 Å². The van der Waals surface area contributed by atoms with Crippen LogP contribution in [0.5, 0.6) is 0 Å². The van der Waals surface area contributed by atoms with Crippen molar-refractivity contribution in [1.82, 2.24) is 4.98 Å². The molecule has 0 radical (unpaired) electrons. The molecule has 4 aromatic rings. The van der Waals surface area contributed by atoms with Crippen molar-refractivity contribution in [1.29, 1.82) is 0 Å². The molecule has 0 spiro atoms. The van der Waals surface area contributed by atoms with Crippen LogP contribution in [0.4, 0.5) is 10.9 Å². The topological polar surface area (TPSA) is 46.2 Å². The Morgan fingerprint density at radius 3 is 1.64 bits per heavy atom. The molecule has 0 aliphatic rings. The molecule has 0 atom stereocenters. The van der Waals surface area contributed by atoms with Gasteiger partial charge >= 0.3 is 0 Å². The van der Waals surface area contributed by atoms with E-state index in [1.54, 1.807) is 7.11 Å². The van der Waals surface area contributed by atoms with Gasteiger partial charge in [-0.05, 0) is 16.7 Å². The molecule has 0 unspecified atom stereocenters. The van der Waals surface area contributed by atoms with Crippen molar-refractivity contribution in [2.45, 2.75) is 5.54 Å². The highest BCUT2D eigenvalue weighted by molar-refractivity contribution is 7.14. The Hall–Kier alpha value is -3.15. The van der Waals surface area contributed by atoms with E-state index in [9.17, 15) is 0 Å². The highest BCUT2D eigenvalue weighted by Crippen LogP contribution is 2.40. The molecule has 4 nitrogen and oxygen atoms in total. The van der Waals surface area contributed by atoms with E-state index in [0.29, 0.717) is 5.82 Å². The van der Waals surface area contributed by atoms with Gasteiger partial charge in [0.2, 0.25) is 0 Å². The van der Waals surface area contributed by atoms with E-state index in [1.165, 1.54) is 11.3 Å². The number of rotatable bonds is 7. The minimum Gasteiger partial charge on any atom is -0.344 e. The van der Waals surface area contributed by atoms with E-state index in [1.807, 2.05) is 23.6 Å². The Balaban J connectivity index is 1.92. The maximum absolute atomic E-state index is 4.99. The molecule has 0 saturated carbocycles. The zero-order valence-electron chi connectivity index (χ0n) is 15.5. The summed E-state index contributed by atoms with van der Waals surface area (Å²) >= 11 is 1.54. The summed E-state index contributed by atoms with van der Waals surface area (Å²) in [5.74, 6) is 0.679. The normalized spacial score (nSPS) is 11.2. The van der Waals surface area contributed by atoms with Crippen LogP contribution < -0.4 is 10.8 Å². The molecule has 0 fully saturated rings. The molecule has 28 heavy (non-hydrogen) atoms. The van der Waals surface area contributed by atoms with Gasteiger partial charge in [0.05, 0.1) is 7.11 Å². The van der Waals surface area contributed by atoms with Crippen molar-refractivity contribution < 1.29 is 4.84 Å². The molecule has 5 heteroatoms. The quantitative estimate of drug-likeness (QED) is 0.324. The summed E-state index contributed by atoms with van der Waals surface area (Å²) in [7, 11) is 1.58. The highest BCUT2D eigenvalue weighted by atomic mass is 32.1. The molecule has 2 N–H and O–H groups in total. The second-order valence-corrected chi connectivity index (χ2v) is 7.18. The summed E-state index contributed by atoms with van der Waals surface area (Å²) < 4.78 is 0. The van der Waals surface area contributed by atoms with E-state index in [2.05, 4.69) is 88.6 Å². The summed E-state index contributed by atoms with van der Waals surface area (Å²) in [4.78, 5) is 9.62. The minimum absolute atomic E-state index is 0.577. The van der Waals surface area contributed by atoms with Gasteiger partial charge in [0, 0.05) is 5.38 Å². The second kappa shape index (κ2) is 8.25. The number of benzene rings is 3. The van der Waals surface area contributed by atoms with Crippen molar-refractivity contribution in [3.05, 3.63) is 113 Å². The third-order valence-electron chi connectivity index (χ3n) is 4.63. The Labute approximate surface area is 168 Å². The Morgan fingerprint density at radius 1 is 0.750 bits per heavy atom. The standard InChI is InChI=1S/C23H21N3OS/c1-27-26-21-17-28-22(24-21)25-23(18-11-5-2-6-12-18,19-13-7-3-8-14-19)20-15-9-4-10-16-20/h2-17,26H,1H3,(H,24,25). The number of nitrogens with one attached hydrogen (secondary N) is 2. The first-order valence-electron chi connectivity index (χ1n) is 9.02. The van der Waals surface area contributed by atoms with E-state index >= 15 is 0 Å². The van der Waals surface area contributed by atoms with Crippen LogP contribution in [0.15, 0.2) is 96.4 Å². The van der Waals surface area contributed by atoms with Gasteiger partial charge in [0.25, 0.3) is 0 Å². The van der Waals surface area contributed by atoms with E-state index < -0.39 is 5.54 Å². The largest absolute Gasteiger partial charge is 0.344 e. The van der Waals surface area contributed by atoms with Crippen LogP contribution in [0.25, 0.3) is 0 Å². The lowest BCUT2D eigenvalue weighted by Gasteiger charge is -2.36. The van der Waals surface area contributed by atoms with Crippen LogP contribution in [0.3, 0.4) is 0 Å². The van der Waals surface area contributed by atoms with Gasteiger partial charge in [-0.3, -0.25) is 4.84 Å². The molecule has 1 aromatic heterocycles. The zero-order chi connectivity index (χ0) is 19.2. The molecule has 4 rings (SSSR count). The number of anilines is 2. The summed E-state index contributed by atoms with van der Waals surface area (Å²) in [5, 5.41) is 6.46. The van der Waals surface area contributed by atoms with Gasteiger partial charge < -0.3 is 5.32 Å². The fraction of sp³-hybridized carbons (Fsp3) is 0.0870. The van der Waals surface area contributed by atoms with Crippen LogP contribution in [-0.4, -0.2) is 12.1 Å². The van der Waals surface area contributed by atoms with Crippen molar-refractivity contribution in [2.75, 3.05) is 17.9 Å². The first-order chi connectivity index (χ1) is 13.8. The van der Waals surface area contributed by atoms with Crippen LogP contribution in [0.1, 0.15) is 16.7 Å². The number of hydrogen-bond donors (Lipinski definition) is 2. The summed E-state index contributed by atoms with van der Waals surface area (Å²) in [6, 6.07) is 31.4. The second-order valence-electron chi connectivity index (χ2n) is 6.32. The predicted octanol–water partition coefficient (Wildman–Crippen LogP) is 5.52. The number of aromatic nitrogens is 1. The molecule has 0 amide bonds. The molecule has 1 heterocycles. The van der Waals surface area contributed by atoms with Crippen molar-refractivity contribution >= 4 is 22.3 Å². The number of hydrogen-bond acceptors (Lipinski definition) is 5. The third kappa shape index (κ3) is 3.50. The molecule has 140 valence electrons. The highest BCUT2D eigenvalue weighted by Gasteiger charge is 2.37. The fourth-order valence-corrected chi connectivity index (χ4v) is 4.11. The fourth-order valence-electron chi connectivity index (χ4n) is 3.42. The van der Waals surface area contributed by atoms with Crippen LogP contribution in [-0.2, 0) is 10.4 Å². The van der Waals surface area contributed by atoms with Gasteiger partial charge in [-0.15, -0.1) is 11.3 Å². The zero-order valence-corrected chi connectivity index (χ0v) is 16.3. The monoisotopic (exact) mass is 387 g/mol. The Morgan fingerprint density at radius 2 is 1.21 bits per heavy atom. The van der Waals surface area contributed by atoms with Crippen LogP contribution in [0, 0.1) is 0 Å². The molecule has 0 aliphatic heterocycles. The first-order valence-corrected chi connectivity index (χ1v) is 9.90. The summed E-state index contributed by atoms with van der Waals surface area (Å²) in [6.07, 6.45) is 0. The maximum atomic E-state index is 4.99. The smallest absolute Gasteiger partial charge is 0.186 e. The van der Waals surface area contributed by atoms with Crippen molar-refractivity contribution in [3.8, 4) is 0 Å². The summed E-state index contributed by atoms with van der Waals surface area (Å²) in [5.41, 5.74) is 5.64. The Kier molecular flexibility index (Phi) is 5.37. The number of nitrogens with zero attached hydrogens (tertiary/aromatic N) is 1. The Bertz CT molecular complexity index is 907. The summed E-state index contributed by atoms with van der Waals surface area (Å²) in [6.45, 7) is 0. The lowest BCUT2D eigenvalue weighted by molar-refractivity contribution is 0.269. The van der Waals surface area contributed by atoms with Gasteiger partial charge in [-0.1, -0.05) is 91.0 Å². The van der Waals surface area contributed by atoms with Crippen molar-refractivity contribution in [2.24, 2.45) is 0 Å². The van der Waals surface area contributed by atoms with Crippen molar-refractivity contribution in [3.63, 3.8) is 0 Å². The van der Waals surface area contributed by atoms with Gasteiger partial charge in [-0.2, -0.15) is 0 Å². The average molecular weight is 388 g/mol. The number of thiazole rings is 1. The average Bonchev–Trinajstić information content (AvgIpc) is 3.21. The van der Waals surface area contributed by atoms with E-state index in [-0.39, 0.29) is 0 Å². The van der Waals surface area contributed by atoms with Gasteiger partial charge in [-0.25, -0.2) is 10.5 Å². The first kappa shape index (κ1) is 18.2. The van der Waals surface area contributed by atoms with Gasteiger partial charge in [0.15, 0.2) is 10.9 Å². The van der Waals surface area contributed by atoms with Crippen LogP contribution >= 0.6 is 11.3 Å². The minimum atomic E-state index is -0.577. The molecule has 3 aromatic carbocycles. The van der Waals surface area contributed by atoms with E-state index in [0.717, 1.165) is 21.8 Å². The molecular formula is C23H21N3OS. The lowest BCUT2D eigenvalue weighted by atomic mass is 9.77. The molecule has 0 saturated heterocycles. The van der Waals surface area contributed by atoms with Crippen LogP contribution in [0.2, 0.25) is 0 Å². The lowest BCUT2D eigenvalue weighted by Crippen LogP contribution is -2.38. The SMILES string of the molecule is CONc1csc(NC(c2ccccc2)(c2ccccc2)c2ccccc2)n1. The molecule has 0 bridgehead atoms.